The van der Waals surface area contributed by atoms with E-state index in [0.717, 1.165) is 19.4 Å². The van der Waals surface area contributed by atoms with Crippen molar-refractivity contribution in [2.75, 3.05) is 6.54 Å². The number of hydrogen-bond donors (Lipinski definition) is 2. The van der Waals surface area contributed by atoms with Gasteiger partial charge in [-0.1, -0.05) is 25.8 Å². The van der Waals surface area contributed by atoms with Crippen LogP contribution in [0.2, 0.25) is 0 Å². The van der Waals surface area contributed by atoms with Crippen LogP contribution in [0, 0.1) is 0 Å². The molecule has 1 atom stereocenters. The van der Waals surface area contributed by atoms with Gasteiger partial charge in [0.25, 0.3) is 0 Å². The lowest BCUT2D eigenvalue weighted by molar-refractivity contribution is -0.137. The zero-order chi connectivity index (χ0) is 12.5. The Morgan fingerprint density at radius 2 is 2.35 bits per heavy atom. The highest BCUT2D eigenvalue weighted by Crippen LogP contribution is 2.12. The van der Waals surface area contributed by atoms with E-state index in [4.69, 9.17) is 5.11 Å². The summed E-state index contributed by atoms with van der Waals surface area (Å²) in [6, 6.07) is 4.13. The number of thiophene rings is 1. The van der Waals surface area contributed by atoms with Gasteiger partial charge in [-0.2, -0.15) is 0 Å². The first-order chi connectivity index (χ1) is 8.22. The van der Waals surface area contributed by atoms with Crippen molar-refractivity contribution in [1.82, 2.24) is 5.32 Å². The van der Waals surface area contributed by atoms with Gasteiger partial charge in [-0.25, -0.2) is 0 Å². The Hall–Kier alpha value is -0.870. The lowest BCUT2D eigenvalue weighted by atomic mass is 10.1. The molecule has 96 valence electrons. The maximum absolute atomic E-state index is 10.8. The van der Waals surface area contributed by atoms with Crippen LogP contribution in [0.15, 0.2) is 17.5 Å². The normalized spacial score (nSPS) is 12.5. The quantitative estimate of drug-likeness (QED) is 0.667. The molecule has 1 rings (SSSR count). The number of hydrogen-bond acceptors (Lipinski definition) is 3. The van der Waals surface area contributed by atoms with Crippen LogP contribution in [0.3, 0.4) is 0 Å². The molecule has 0 spiro atoms. The maximum Gasteiger partial charge on any atom is 0.304 e. The highest BCUT2D eigenvalue weighted by molar-refractivity contribution is 7.09. The molecule has 0 aliphatic rings. The first-order valence-electron chi connectivity index (χ1n) is 6.20. The van der Waals surface area contributed by atoms with Crippen LogP contribution in [-0.2, 0) is 11.2 Å². The summed E-state index contributed by atoms with van der Waals surface area (Å²) < 4.78 is 0. The van der Waals surface area contributed by atoms with Gasteiger partial charge in [-0.15, -0.1) is 11.3 Å². The second kappa shape index (κ2) is 8.25. The van der Waals surface area contributed by atoms with Crippen LogP contribution in [0.1, 0.15) is 37.5 Å². The summed E-state index contributed by atoms with van der Waals surface area (Å²) in [5, 5.41) is 14.3. The monoisotopic (exact) mass is 255 g/mol. The van der Waals surface area contributed by atoms with Gasteiger partial charge in [0.1, 0.15) is 0 Å². The molecule has 0 aliphatic carbocycles. The van der Waals surface area contributed by atoms with Crippen LogP contribution >= 0.6 is 11.3 Å². The summed E-state index contributed by atoms with van der Waals surface area (Å²) >= 11 is 1.69. The number of carbonyl (C=O) groups is 1. The molecule has 4 heteroatoms. The Morgan fingerprint density at radius 3 is 2.94 bits per heavy atom. The summed E-state index contributed by atoms with van der Waals surface area (Å²) in [7, 11) is 0. The largest absolute Gasteiger partial charge is 0.481 e. The average molecular weight is 255 g/mol. The van der Waals surface area contributed by atoms with Gasteiger partial charge in [0.2, 0.25) is 0 Å². The van der Waals surface area contributed by atoms with E-state index in [1.807, 2.05) is 11.4 Å². The summed E-state index contributed by atoms with van der Waals surface area (Å²) in [6.07, 6.45) is 4.53. The van der Waals surface area contributed by atoms with Gasteiger partial charge >= 0.3 is 5.97 Å². The van der Waals surface area contributed by atoms with Gasteiger partial charge in [-0.3, -0.25) is 4.79 Å². The zero-order valence-electron chi connectivity index (χ0n) is 10.3. The standard InChI is InChI=1S/C13H21NO2S/c1-2-3-4-7-14-11(10-13(15)16)9-12-6-5-8-17-12/h5-6,8,11,14H,2-4,7,9-10H2,1H3,(H,15,16). The third-order valence-corrected chi connectivity index (χ3v) is 3.56. The number of carboxylic acids is 1. The topological polar surface area (TPSA) is 49.3 Å². The number of nitrogens with one attached hydrogen (secondary N) is 1. The number of carboxylic acid groups (broad SMARTS) is 1. The minimum atomic E-state index is -0.727. The van der Waals surface area contributed by atoms with Gasteiger partial charge in [0, 0.05) is 10.9 Å². The third kappa shape index (κ3) is 6.44. The van der Waals surface area contributed by atoms with Gasteiger partial charge in [-0.05, 0) is 30.8 Å². The van der Waals surface area contributed by atoms with E-state index >= 15 is 0 Å². The summed E-state index contributed by atoms with van der Waals surface area (Å²) in [5.74, 6) is -0.727. The van der Waals surface area contributed by atoms with Crippen LogP contribution in [-0.4, -0.2) is 23.7 Å². The molecule has 0 saturated heterocycles. The Balaban J connectivity index is 2.34. The van der Waals surface area contributed by atoms with E-state index in [1.54, 1.807) is 11.3 Å². The molecule has 17 heavy (non-hydrogen) atoms. The smallest absolute Gasteiger partial charge is 0.304 e. The van der Waals surface area contributed by atoms with Crippen molar-refractivity contribution < 1.29 is 9.90 Å². The molecule has 0 radical (unpaired) electrons. The fourth-order valence-corrected chi connectivity index (χ4v) is 2.57. The highest BCUT2D eigenvalue weighted by Gasteiger charge is 2.13. The van der Waals surface area contributed by atoms with Gasteiger partial charge in [0.05, 0.1) is 6.42 Å². The number of aliphatic carboxylic acids is 1. The van der Waals surface area contributed by atoms with Crippen molar-refractivity contribution >= 4 is 17.3 Å². The fraction of sp³-hybridized carbons (Fsp3) is 0.615. The predicted molar refractivity (Wildman–Crippen MR) is 71.6 cm³/mol. The Kier molecular flexibility index (Phi) is 6.89. The van der Waals surface area contributed by atoms with Crippen molar-refractivity contribution in [2.24, 2.45) is 0 Å². The third-order valence-electron chi connectivity index (χ3n) is 2.66. The highest BCUT2D eigenvalue weighted by atomic mass is 32.1. The van der Waals surface area contributed by atoms with E-state index < -0.39 is 5.97 Å². The second-order valence-electron chi connectivity index (χ2n) is 4.24. The van der Waals surface area contributed by atoms with Crippen LogP contribution in [0.25, 0.3) is 0 Å². The van der Waals surface area contributed by atoms with Crippen molar-refractivity contribution in [3.8, 4) is 0 Å². The molecule has 0 fully saturated rings. The summed E-state index contributed by atoms with van der Waals surface area (Å²) in [4.78, 5) is 12.0. The minimum absolute atomic E-state index is 0.0583. The Bertz CT molecular complexity index is 311. The van der Waals surface area contributed by atoms with Crippen LogP contribution < -0.4 is 5.32 Å². The summed E-state index contributed by atoms with van der Waals surface area (Å²) in [5.41, 5.74) is 0. The molecule has 0 amide bonds. The first kappa shape index (κ1) is 14.2. The Labute approximate surface area is 107 Å². The van der Waals surface area contributed by atoms with Gasteiger partial charge in [0.15, 0.2) is 0 Å². The van der Waals surface area contributed by atoms with Crippen molar-refractivity contribution in [2.45, 2.75) is 45.1 Å². The predicted octanol–water partition coefficient (Wildman–Crippen LogP) is 2.91. The first-order valence-corrected chi connectivity index (χ1v) is 7.08. The maximum atomic E-state index is 10.8. The molecule has 3 nitrogen and oxygen atoms in total. The lowest BCUT2D eigenvalue weighted by Gasteiger charge is -2.16. The molecule has 0 aromatic carbocycles. The molecule has 0 bridgehead atoms. The molecule has 1 aromatic rings. The average Bonchev–Trinajstić information content (AvgIpc) is 2.76. The lowest BCUT2D eigenvalue weighted by Crippen LogP contribution is -2.33. The molecule has 0 saturated carbocycles. The summed E-state index contributed by atoms with van der Waals surface area (Å²) in [6.45, 7) is 3.08. The molecule has 0 aliphatic heterocycles. The minimum Gasteiger partial charge on any atom is -0.481 e. The molecule has 1 heterocycles. The van der Waals surface area contributed by atoms with Crippen LogP contribution in [0.4, 0.5) is 0 Å². The second-order valence-corrected chi connectivity index (χ2v) is 5.27. The molecular formula is C13H21NO2S. The van der Waals surface area contributed by atoms with Gasteiger partial charge < -0.3 is 10.4 Å². The van der Waals surface area contributed by atoms with E-state index in [1.165, 1.54) is 17.7 Å². The van der Waals surface area contributed by atoms with Crippen molar-refractivity contribution in [3.63, 3.8) is 0 Å². The van der Waals surface area contributed by atoms with E-state index in [2.05, 4.69) is 18.3 Å². The van der Waals surface area contributed by atoms with E-state index in [9.17, 15) is 4.79 Å². The Morgan fingerprint density at radius 1 is 1.53 bits per heavy atom. The fourth-order valence-electron chi connectivity index (χ4n) is 1.78. The number of rotatable bonds is 9. The van der Waals surface area contributed by atoms with Crippen LogP contribution in [0.5, 0.6) is 0 Å². The number of unbranched alkanes of at least 4 members (excludes halogenated alkanes) is 2. The van der Waals surface area contributed by atoms with E-state index in [-0.39, 0.29) is 12.5 Å². The SMILES string of the molecule is CCCCCNC(CC(=O)O)Cc1cccs1. The van der Waals surface area contributed by atoms with Crippen molar-refractivity contribution in [1.29, 1.82) is 0 Å². The molecular weight excluding hydrogens is 234 g/mol. The van der Waals surface area contributed by atoms with E-state index in [0.29, 0.717) is 0 Å². The molecule has 2 N–H and O–H groups in total. The van der Waals surface area contributed by atoms with Crippen molar-refractivity contribution in [3.05, 3.63) is 22.4 Å². The molecule has 1 aromatic heterocycles. The zero-order valence-corrected chi connectivity index (χ0v) is 11.1. The molecule has 1 unspecified atom stereocenters.